The molecular weight excluding hydrogens is 348 g/mol. The van der Waals surface area contributed by atoms with Crippen LogP contribution in [0.25, 0.3) is 10.2 Å². The van der Waals surface area contributed by atoms with Gasteiger partial charge in [-0.1, -0.05) is 55.9 Å². The second-order valence-electron chi connectivity index (χ2n) is 7.92. The molecule has 0 aliphatic heterocycles. The van der Waals surface area contributed by atoms with E-state index in [1.54, 1.807) is 12.1 Å². The number of fused-ring (bicyclic) bond motifs is 1. The van der Waals surface area contributed by atoms with Crippen molar-refractivity contribution in [1.82, 2.24) is 10.3 Å². The summed E-state index contributed by atoms with van der Waals surface area (Å²) < 4.78 is 0.652. The first-order valence-corrected chi connectivity index (χ1v) is 10.7. The lowest BCUT2D eigenvalue weighted by Gasteiger charge is -2.32. The standard InChI is InChI=1S/C20H28N2O3S/c23-16-10-9-14(19-18(16)22-20(25)26-19)17(24)11-21-15-8-4-7-13(15)12-5-2-1-3-6-12/h9-10,12-13,15,17,21,23-24H,1-8,11H2,(H,22,25)/t13?,15?,17-/m0/s1. The monoisotopic (exact) mass is 376 g/mol. The topological polar surface area (TPSA) is 85.4 Å². The molecule has 0 radical (unpaired) electrons. The van der Waals surface area contributed by atoms with Gasteiger partial charge in [-0.25, -0.2) is 0 Å². The van der Waals surface area contributed by atoms with Gasteiger partial charge >= 0.3 is 4.87 Å². The van der Waals surface area contributed by atoms with Crippen LogP contribution in [-0.4, -0.2) is 27.8 Å². The quantitative estimate of drug-likeness (QED) is 0.641. The molecule has 2 aliphatic carbocycles. The van der Waals surface area contributed by atoms with E-state index in [0.717, 1.165) is 23.2 Å². The average Bonchev–Trinajstić information content (AvgIpc) is 3.27. The first-order chi connectivity index (χ1) is 12.6. The highest BCUT2D eigenvalue weighted by Gasteiger charge is 2.34. The van der Waals surface area contributed by atoms with Crippen LogP contribution in [-0.2, 0) is 0 Å². The number of rotatable bonds is 5. The van der Waals surface area contributed by atoms with Crippen LogP contribution in [0.3, 0.4) is 0 Å². The number of aliphatic hydroxyl groups excluding tert-OH is 1. The molecule has 0 spiro atoms. The van der Waals surface area contributed by atoms with Crippen LogP contribution < -0.4 is 10.2 Å². The number of hydrogen-bond acceptors (Lipinski definition) is 5. The van der Waals surface area contributed by atoms with Gasteiger partial charge < -0.3 is 20.5 Å². The minimum Gasteiger partial charge on any atom is -0.506 e. The fourth-order valence-corrected chi connectivity index (χ4v) is 5.96. The number of benzene rings is 1. The summed E-state index contributed by atoms with van der Waals surface area (Å²) in [5.74, 6) is 1.64. The molecular formula is C20H28N2O3S. The number of hydrogen-bond donors (Lipinski definition) is 4. The van der Waals surface area contributed by atoms with Gasteiger partial charge in [-0.3, -0.25) is 4.79 Å². The molecule has 3 atom stereocenters. The number of aliphatic hydroxyl groups is 1. The molecule has 1 aromatic heterocycles. The summed E-state index contributed by atoms with van der Waals surface area (Å²) in [6.45, 7) is 0.486. The smallest absolute Gasteiger partial charge is 0.305 e. The Kier molecular flexibility index (Phi) is 5.34. The summed E-state index contributed by atoms with van der Waals surface area (Å²) in [5.41, 5.74) is 1.14. The van der Waals surface area contributed by atoms with Crippen LogP contribution in [0.1, 0.15) is 63.0 Å². The third-order valence-electron chi connectivity index (χ3n) is 6.35. The molecule has 0 saturated heterocycles. The molecule has 1 aromatic carbocycles. The number of aromatic hydroxyl groups is 1. The number of aromatic amines is 1. The van der Waals surface area contributed by atoms with E-state index in [9.17, 15) is 15.0 Å². The molecule has 2 aromatic rings. The van der Waals surface area contributed by atoms with E-state index in [1.807, 2.05) is 0 Å². The van der Waals surface area contributed by atoms with Crippen molar-refractivity contribution in [2.45, 2.75) is 63.5 Å². The van der Waals surface area contributed by atoms with Gasteiger partial charge in [0.25, 0.3) is 0 Å². The van der Waals surface area contributed by atoms with E-state index in [0.29, 0.717) is 28.4 Å². The van der Waals surface area contributed by atoms with E-state index in [4.69, 9.17) is 0 Å². The normalized spacial score (nSPS) is 25.7. The zero-order chi connectivity index (χ0) is 18.1. The highest BCUT2D eigenvalue weighted by Crippen LogP contribution is 2.40. The van der Waals surface area contributed by atoms with Crippen molar-refractivity contribution >= 4 is 21.6 Å². The van der Waals surface area contributed by atoms with Crippen molar-refractivity contribution in [2.75, 3.05) is 6.54 Å². The Morgan fingerprint density at radius 2 is 1.96 bits per heavy atom. The SMILES string of the molecule is O=c1[nH]c2c(O)ccc([C@@H](O)CNC3CCCC3C3CCCCC3)c2s1. The lowest BCUT2D eigenvalue weighted by Crippen LogP contribution is -2.38. The van der Waals surface area contributed by atoms with Gasteiger partial charge in [-0.15, -0.1) is 0 Å². The number of H-pyrrole nitrogens is 1. The molecule has 4 rings (SSSR count). The molecule has 26 heavy (non-hydrogen) atoms. The Labute approximate surface area is 157 Å². The van der Waals surface area contributed by atoms with Crippen LogP contribution in [0, 0.1) is 11.8 Å². The molecule has 142 valence electrons. The molecule has 2 fully saturated rings. The molecule has 6 heteroatoms. The van der Waals surface area contributed by atoms with Gasteiger partial charge in [0, 0.05) is 18.2 Å². The van der Waals surface area contributed by atoms with Crippen molar-refractivity contribution in [1.29, 1.82) is 0 Å². The highest BCUT2D eigenvalue weighted by molar-refractivity contribution is 7.16. The Balaban J connectivity index is 1.44. The number of nitrogens with one attached hydrogen (secondary N) is 2. The zero-order valence-corrected chi connectivity index (χ0v) is 15.9. The first kappa shape index (κ1) is 18.0. The predicted molar refractivity (Wildman–Crippen MR) is 105 cm³/mol. The number of thiazole rings is 1. The Hall–Kier alpha value is -1.37. The van der Waals surface area contributed by atoms with Crippen LogP contribution >= 0.6 is 11.3 Å². The molecule has 2 saturated carbocycles. The van der Waals surface area contributed by atoms with Gasteiger partial charge in [0.1, 0.15) is 11.3 Å². The van der Waals surface area contributed by atoms with Crippen LogP contribution in [0.5, 0.6) is 5.75 Å². The lowest BCUT2D eigenvalue weighted by atomic mass is 9.77. The maximum absolute atomic E-state index is 11.7. The third-order valence-corrected chi connectivity index (χ3v) is 7.28. The number of phenols is 1. The van der Waals surface area contributed by atoms with E-state index < -0.39 is 6.10 Å². The van der Waals surface area contributed by atoms with Crippen LogP contribution in [0.2, 0.25) is 0 Å². The molecule has 1 heterocycles. The minimum atomic E-state index is -0.683. The maximum Gasteiger partial charge on any atom is 0.305 e. The zero-order valence-electron chi connectivity index (χ0n) is 15.0. The van der Waals surface area contributed by atoms with E-state index in [1.165, 1.54) is 51.4 Å². The third kappa shape index (κ3) is 3.55. The average molecular weight is 377 g/mol. The number of aromatic nitrogens is 1. The maximum atomic E-state index is 11.7. The van der Waals surface area contributed by atoms with Gasteiger partial charge in [-0.2, -0.15) is 0 Å². The van der Waals surface area contributed by atoms with Crippen molar-refractivity contribution in [3.63, 3.8) is 0 Å². The second kappa shape index (κ2) is 7.71. The fraction of sp³-hybridized carbons (Fsp3) is 0.650. The van der Waals surface area contributed by atoms with Gasteiger partial charge in [0.15, 0.2) is 0 Å². The van der Waals surface area contributed by atoms with Crippen molar-refractivity contribution in [3.05, 3.63) is 27.4 Å². The molecule has 2 unspecified atom stereocenters. The minimum absolute atomic E-state index is 0.0513. The highest BCUT2D eigenvalue weighted by atomic mass is 32.1. The van der Waals surface area contributed by atoms with Crippen molar-refractivity contribution in [3.8, 4) is 5.75 Å². The first-order valence-electron chi connectivity index (χ1n) is 9.89. The Morgan fingerprint density at radius 3 is 2.77 bits per heavy atom. The van der Waals surface area contributed by atoms with E-state index in [2.05, 4.69) is 10.3 Å². The molecule has 4 N–H and O–H groups in total. The summed E-state index contributed by atoms with van der Waals surface area (Å²) in [6.07, 6.45) is 9.94. The molecule has 0 amide bonds. The lowest BCUT2D eigenvalue weighted by molar-refractivity contribution is 0.155. The van der Waals surface area contributed by atoms with E-state index >= 15 is 0 Å². The van der Waals surface area contributed by atoms with Gasteiger partial charge in [0.2, 0.25) is 0 Å². The largest absolute Gasteiger partial charge is 0.506 e. The van der Waals surface area contributed by atoms with Gasteiger partial charge in [-0.05, 0) is 30.7 Å². The molecule has 5 nitrogen and oxygen atoms in total. The predicted octanol–water partition coefficient (Wildman–Crippen LogP) is 3.67. The van der Waals surface area contributed by atoms with Crippen molar-refractivity contribution in [2.24, 2.45) is 11.8 Å². The van der Waals surface area contributed by atoms with Crippen molar-refractivity contribution < 1.29 is 10.2 Å². The summed E-state index contributed by atoms with van der Waals surface area (Å²) in [4.78, 5) is 14.1. The summed E-state index contributed by atoms with van der Waals surface area (Å²) in [7, 11) is 0. The second-order valence-corrected chi connectivity index (χ2v) is 8.90. The number of phenolic OH excluding ortho intramolecular Hbond substituents is 1. The Morgan fingerprint density at radius 1 is 1.15 bits per heavy atom. The molecule has 0 bridgehead atoms. The summed E-state index contributed by atoms with van der Waals surface area (Å²) in [6, 6.07) is 3.76. The fourth-order valence-electron chi connectivity index (χ4n) is 5.04. The molecule has 2 aliphatic rings. The summed E-state index contributed by atoms with van der Waals surface area (Å²) in [5, 5.41) is 24.3. The Bertz CT molecular complexity index is 809. The summed E-state index contributed by atoms with van der Waals surface area (Å²) >= 11 is 1.04. The van der Waals surface area contributed by atoms with Crippen LogP contribution in [0.4, 0.5) is 0 Å². The van der Waals surface area contributed by atoms with Gasteiger partial charge in [0.05, 0.1) is 10.8 Å². The van der Waals surface area contributed by atoms with Crippen LogP contribution in [0.15, 0.2) is 16.9 Å². The van der Waals surface area contributed by atoms with E-state index in [-0.39, 0.29) is 10.6 Å².